The molecule has 4 rings (SSSR count). The van der Waals surface area contributed by atoms with Crippen LogP contribution in [-0.2, 0) is 11.1 Å². The van der Waals surface area contributed by atoms with Gasteiger partial charge in [-0.3, -0.25) is 4.98 Å². The number of aryl methyl sites for hydroxylation is 1. The molecular weight excluding hydrogens is 399 g/mol. The molecule has 1 unspecified atom stereocenters. The van der Waals surface area contributed by atoms with Crippen molar-refractivity contribution in [3.05, 3.63) is 53.4 Å². The number of anilines is 1. The van der Waals surface area contributed by atoms with Gasteiger partial charge in [-0.15, -0.1) is 0 Å². The van der Waals surface area contributed by atoms with Gasteiger partial charge in [0.1, 0.15) is 17.2 Å². The molecule has 2 N–H and O–H groups in total. The van der Waals surface area contributed by atoms with E-state index in [0.717, 1.165) is 6.07 Å². The van der Waals surface area contributed by atoms with Crippen molar-refractivity contribution in [2.45, 2.75) is 51.4 Å². The SMILES string of the molecule is [2H]C1([2H])CCN(c2ccn3ncc(C(=O)OCC)c3n2)C1([2H])c1cc(F)cnc1C([2H])([2H])C([2H])([2H])[C@@H](C)N. The maximum absolute atomic E-state index is 14.6. The first-order valence-corrected chi connectivity index (χ1v) is 9.81. The number of carbonyl (C=O) groups is 1. The largest absolute Gasteiger partial charge is 0.462 e. The minimum atomic E-state index is -2.93. The first-order valence-electron chi connectivity index (χ1n) is 13.3. The maximum atomic E-state index is 14.6. The number of esters is 1. The van der Waals surface area contributed by atoms with E-state index in [1.165, 1.54) is 34.8 Å². The molecule has 0 spiro atoms. The van der Waals surface area contributed by atoms with Gasteiger partial charge in [0, 0.05) is 32.7 Å². The smallest absolute Gasteiger partial charge is 0.343 e. The van der Waals surface area contributed by atoms with Crippen LogP contribution in [0.3, 0.4) is 0 Å². The third-order valence-electron chi connectivity index (χ3n) is 4.55. The number of halogens is 1. The molecule has 1 fully saturated rings. The van der Waals surface area contributed by atoms with Crippen molar-refractivity contribution in [1.82, 2.24) is 19.6 Å². The molecule has 3 aromatic heterocycles. The Bertz CT molecular complexity index is 1390. The molecule has 0 saturated carbocycles. The van der Waals surface area contributed by atoms with E-state index in [-0.39, 0.29) is 36.6 Å². The van der Waals surface area contributed by atoms with Crippen LogP contribution in [0.25, 0.3) is 5.65 Å². The van der Waals surface area contributed by atoms with E-state index in [2.05, 4.69) is 15.1 Å². The lowest BCUT2D eigenvalue weighted by atomic mass is 9.98. The van der Waals surface area contributed by atoms with Crippen LogP contribution in [0.15, 0.2) is 30.7 Å². The van der Waals surface area contributed by atoms with Gasteiger partial charge in [0.05, 0.1) is 26.4 Å². The van der Waals surface area contributed by atoms with Crippen molar-refractivity contribution in [2.75, 3.05) is 18.1 Å². The van der Waals surface area contributed by atoms with Gasteiger partial charge in [-0.2, -0.15) is 5.10 Å². The van der Waals surface area contributed by atoms with Crippen molar-refractivity contribution < 1.29 is 23.5 Å². The second-order valence-electron chi connectivity index (χ2n) is 6.87. The third-order valence-corrected chi connectivity index (χ3v) is 4.55. The highest BCUT2D eigenvalue weighted by Crippen LogP contribution is 2.37. The minimum absolute atomic E-state index is 0.0332. The van der Waals surface area contributed by atoms with Crippen LogP contribution in [0.1, 0.15) is 70.2 Å². The number of hydrogen-bond donors (Lipinski definition) is 1. The van der Waals surface area contributed by atoms with Crippen molar-refractivity contribution in [3.8, 4) is 0 Å². The average Bonchev–Trinajstić information content (AvgIpc) is 3.37. The normalized spacial score (nSPS) is 25.5. The molecule has 4 heterocycles. The van der Waals surface area contributed by atoms with Crippen LogP contribution >= 0.6 is 0 Å². The number of nitrogens with zero attached hydrogens (tertiary/aromatic N) is 5. The number of rotatable bonds is 7. The van der Waals surface area contributed by atoms with Crippen molar-refractivity contribution in [3.63, 3.8) is 0 Å². The van der Waals surface area contributed by atoms with Gasteiger partial charge >= 0.3 is 5.97 Å². The zero-order valence-corrected chi connectivity index (χ0v) is 17.1. The molecule has 0 radical (unpaired) electrons. The summed E-state index contributed by atoms with van der Waals surface area (Å²) in [7, 11) is 0. The number of fused-ring (bicyclic) bond motifs is 1. The molecule has 9 heteroatoms. The van der Waals surface area contributed by atoms with E-state index >= 15 is 0 Å². The van der Waals surface area contributed by atoms with E-state index < -0.39 is 54.2 Å². The lowest BCUT2D eigenvalue weighted by Gasteiger charge is -2.27. The van der Waals surface area contributed by atoms with Crippen LogP contribution in [0.5, 0.6) is 0 Å². The van der Waals surface area contributed by atoms with E-state index in [4.69, 9.17) is 18.7 Å². The lowest BCUT2D eigenvalue weighted by molar-refractivity contribution is 0.0528. The predicted molar refractivity (Wildman–Crippen MR) is 114 cm³/mol. The Kier molecular flexibility index (Phi) is 4.07. The van der Waals surface area contributed by atoms with Gasteiger partial charge in [-0.1, -0.05) is 0 Å². The molecule has 0 amide bonds. The van der Waals surface area contributed by atoms with Crippen LogP contribution in [0.2, 0.25) is 0 Å². The molecule has 1 saturated heterocycles. The molecular formula is C22H27FN6O2. The van der Waals surface area contributed by atoms with E-state index in [1.54, 1.807) is 6.92 Å². The number of nitrogens with two attached hydrogens (primary N) is 1. The number of carbonyl (C=O) groups excluding carboxylic acids is 1. The summed E-state index contributed by atoms with van der Waals surface area (Å²) >= 11 is 0. The van der Waals surface area contributed by atoms with Crippen LogP contribution < -0.4 is 10.6 Å². The van der Waals surface area contributed by atoms with Crippen LogP contribution in [0, 0.1) is 5.82 Å². The number of aromatic nitrogens is 4. The summed E-state index contributed by atoms with van der Waals surface area (Å²) in [5.41, 5.74) is 4.70. The summed E-state index contributed by atoms with van der Waals surface area (Å²) in [5.74, 6) is -1.60. The van der Waals surface area contributed by atoms with Gasteiger partial charge < -0.3 is 15.4 Å². The molecule has 1 aliphatic rings. The first kappa shape index (κ1) is 14.1. The quantitative estimate of drug-likeness (QED) is 0.572. The second kappa shape index (κ2) is 8.97. The Labute approximate surface area is 190 Å². The van der Waals surface area contributed by atoms with E-state index in [0.29, 0.717) is 6.20 Å². The fourth-order valence-corrected chi connectivity index (χ4v) is 3.23. The summed E-state index contributed by atoms with van der Waals surface area (Å²) in [4.78, 5) is 21.9. The predicted octanol–water partition coefficient (Wildman–Crippen LogP) is 3.06. The Balaban J connectivity index is 1.93. The first-order chi connectivity index (χ1) is 17.6. The Morgan fingerprint density at radius 2 is 2.39 bits per heavy atom. The summed E-state index contributed by atoms with van der Waals surface area (Å²) in [6.07, 6.45) is -4.83. The highest BCUT2D eigenvalue weighted by molar-refractivity contribution is 5.95. The van der Waals surface area contributed by atoms with Crippen molar-refractivity contribution in [1.29, 1.82) is 0 Å². The Hall–Kier alpha value is -3.07. The molecule has 0 aliphatic carbocycles. The molecule has 8 nitrogen and oxygen atoms in total. The number of pyridine rings is 1. The zero-order chi connectivity index (χ0) is 28.3. The average molecular weight is 434 g/mol. The topological polar surface area (TPSA) is 98.6 Å². The molecule has 164 valence electrons. The van der Waals surface area contributed by atoms with E-state index in [1.807, 2.05) is 0 Å². The highest BCUT2D eigenvalue weighted by atomic mass is 19.1. The van der Waals surface area contributed by atoms with Crippen LogP contribution in [0.4, 0.5) is 10.2 Å². The second-order valence-corrected chi connectivity index (χ2v) is 6.87. The molecule has 0 bridgehead atoms. The molecule has 0 aromatic carbocycles. The summed E-state index contributed by atoms with van der Waals surface area (Å²) in [6, 6.07) is -1.58. The maximum Gasteiger partial charge on any atom is 0.343 e. The fraction of sp³-hybridized carbons (Fsp3) is 0.455. The molecule has 1 aliphatic heterocycles. The standard InChI is InChI=1S/C22H27FN6O2/c1-3-31-22(30)17-13-26-29-10-8-20(27-21(17)29)28-9-4-5-19(28)16-11-15(23)12-25-18(16)7-6-14(2)24/h8,10-14,19H,3-7,9,24H2,1-2H3/t14-,19?/m1/s1/i5D2,6D2,7D2,19D. The Morgan fingerprint density at radius 1 is 1.55 bits per heavy atom. The van der Waals surface area contributed by atoms with Crippen molar-refractivity contribution in [2.24, 2.45) is 5.73 Å². The molecule has 2 atom stereocenters. The summed E-state index contributed by atoms with van der Waals surface area (Å²) in [5, 5.41) is 4.07. The number of ether oxygens (including phenoxy) is 1. The van der Waals surface area contributed by atoms with E-state index in [9.17, 15) is 10.6 Å². The zero-order valence-electron chi connectivity index (χ0n) is 24.1. The molecule has 31 heavy (non-hydrogen) atoms. The van der Waals surface area contributed by atoms with Crippen LogP contribution in [-0.4, -0.2) is 44.7 Å². The highest BCUT2D eigenvalue weighted by Gasteiger charge is 2.30. The monoisotopic (exact) mass is 433 g/mol. The summed E-state index contributed by atoms with van der Waals surface area (Å²) < 4.78 is 81.4. The third kappa shape index (κ3) is 4.36. The fourth-order valence-electron chi connectivity index (χ4n) is 3.23. The van der Waals surface area contributed by atoms with Gasteiger partial charge in [-0.25, -0.2) is 18.7 Å². The summed E-state index contributed by atoms with van der Waals surface area (Å²) in [6.45, 7) is 2.94. The Morgan fingerprint density at radius 3 is 3.16 bits per heavy atom. The van der Waals surface area contributed by atoms with Gasteiger partial charge in [-0.05, 0) is 57.1 Å². The van der Waals surface area contributed by atoms with Crippen molar-refractivity contribution >= 4 is 17.4 Å². The van der Waals surface area contributed by atoms with Gasteiger partial charge in [0.25, 0.3) is 0 Å². The van der Waals surface area contributed by atoms with Gasteiger partial charge in [0.2, 0.25) is 0 Å². The number of hydrogen-bond acceptors (Lipinski definition) is 7. The minimum Gasteiger partial charge on any atom is -0.462 e. The molecule has 3 aromatic rings. The van der Waals surface area contributed by atoms with Gasteiger partial charge in [0.15, 0.2) is 5.65 Å². The lowest BCUT2D eigenvalue weighted by Crippen LogP contribution is -2.25.